The molecular weight excluding hydrogens is 331 g/mol. The molecule has 3 heteroatoms. The Morgan fingerprint density at radius 1 is 0.815 bits per heavy atom. The molecule has 1 heterocycles. The molecule has 1 aliphatic heterocycles. The van der Waals surface area contributed by atoms with Crippen LogP contribution in [-0.4, -0.2) is 7.12 Å². The molecule has 6 atom stereocenters. The van der Waals surface area contributed by atoms with Gasteiger partial charge in [-0.25, -0.2) is 0 Å². The Morgan fingerprint density at radius 3 is 1.78 bits per heavy atom. The largest absolute Gasteiger partial charge is 0.461 e. The number of fused-ring (bicyclic) bond motifs is 2. The second-order valence-electron chi connectivity index (χ2n) is 9.42. The van der Waals surface area contributed by atoms with E-state index < -0.39 is 0 Å². The molecule has 2 aromatic carbocycles. The zero-order chi connectivity index (χ0) is 18.6. The number of benzene rings is 2. The van der Waals surface area contributed by atoms with Crippen LogP contribution in [0.15, 0.2) is 60.7 Å². The van der Waals surface area contributed by atoms with Gasteiger partial charge in [0.25, 0.3) is 0 Å². The van der Waals surface area contributed by atoms with E-state index in [1.54, 1.807) is 0 Å². The highest BCUT2D eigenvalue weighted by Crippen LogP contribution is 2.66. The van der Waals surface area contributed by atoms with Gasteiger partial charge in [-0.2, -0.15) is 0 Å². The van der Waals surface area contributed by atoms with Crippen molar-refractivity contribution in [3.63, 3.8) is 0 Å². The van der Waals surface area contributed by atoms with Gasteiger partial charge in [0.2, 0.25) is 0 Å². The van der Waals surface area contributed by atoms with E-state index in [4.69, 9.17) is 9.31 Å². The SMILES string of the molecule is C[C@@H]1[C@H]2C[C@@H](C[C@H]1B1OC(c3ccccc3)C(c3ccccc3)O1)C2(C)C. The van der Waals surface area contributed by atoms with Gasteiger partial charge in [-0.1, -0.05) is 81.4 Å². The minimum atomic E-state index is -0.100. The summed E-state index contributed by atoms with van der Waals surface area (Å²) >= 11 is 0. The van der Waals surface area contributed by atoms with Gasteiger partial charge in [0, 0.05) is 0 Å². The molecule has 4 aliphatic rings. The van der Waals surface area contributed by atoms with Gasteiger partial charge in [0.15, 0.2) is 0 Å². The summed E-state index contributed by atoms with van der Waals surface area (Å²) in [6, 6.07) is 21.2. The second kappa shape index (κ2) is 6.50. The summed E-state index contributed by atoms with van der Waals surface area (Å²) in [5, 5.41) is 0. The molecule has 0 radical (unpaired) electrons. The normalized spacial score (nSPS) is 37.1. The Balaban J connectivity index is 1.43. The van der Waals surface area contributed by atoms with Crippen molar-refractivity contribution in [1.29, 1.82) is 0 Å². The lowest BCUT2D eigenvalue weighted by Gasteiger charge is -2.62. The van der Waals surface area contributed by atoms with Gasteiger partial charge in [0.1, 0.15) is 0 Å². The maximum absolute atomic E-state index is 6.64. The van der Waals surface area contributed by atoms with Crippen LogP contribution in [0.3, 0.4) is 0 Å². The lowest BCUT2D eigenvalue weighted by Crippen LogP contribution is -2.55. The predicted octanol–water partition coefficient (Wildman–Crippen LogP) is 6.08. The molecule has 2 aromatic rings. The number of rotatable bonds is 3. The van der Waals surface area contributed by atoms with Crippen LogP contribution < -0.4 is 0 Å². The van der Waals surface area contributed by atoms with Crippen LogP contribution in [-0.2, 0) is 9.31 Å². The van der Waals surface area contributed by atoms with Gasteiger partial charge in [0.05, 0.1) is 12.2 Å². The third-order valence-corrected chi connectivity index (χ3v) is 7.86. The van der Waals surface area contributed by atoms with Crippen molar-refractivity contribution in [2.24, 2.45) is 23.2 Å². The Morgan fingerprint density at radius 2 is 1.33 bits per heavy atom. The van der Waals surface area contributed by atoms with Crippen molar-refractivity contribution in [3.8, 4) is 0 Å². The zero-order valence-corrected chi connectivity index (χ0v) is 16.5. The fourth-order valence-electron chi connectivity index (χ4n) is 6.01. The molecule has 27 heavy (non-hydrogen) atoms. The third kappa shape index (κ3) is 2.78. The van der Waals surface area contributed by atoms with E-state index >= 15 is 0 Å². The van der Waals surface area contributed by atoms with Crippen molar-refractivity contribution >= 4 is 7.12 Å². The Hall–Kier alpha value is -1.58. The molecule has 0 N–H and O–H groups in total. The van der Waals surface area contributed by atoms with E-state index in [1.807, 2.05) is 0 Å². The highest BCUT2D eigenvalue weighted by Gasteiger charge is 2.60. The van der Waals surface area contributed by atoms with Crippen molar-refractivity contribution in [3.05, 3.63) is 71.8 Å². The molecule has 3 aliphatic carbocycles. The van der Waals surface area contributed by atoms with Crippen LogP contribution in [0.25, 0.3) is 0 Å². The molecule has 2 bridgehead atoms. The quantitative estimate of drug-likeness (QED) is 0.618. The maximum atomic E-state index is 6.64. The summed E-state index contributed by atoms with van der Waals surface area (Å²) in [5.74, 6) is 2.78. The van der Waals surface area contributed by atoms with E-state index in [0.29, 0.717) is 17.2 Å². The van der Waals surface area contributed by atoms with Gasteiger partial charge in [-0.3, -0.25) is 0 Å². The van der Waals surface area contributed by atoms with Crippen LogP contribution in [0, 0.1) is 23.2 Å². The molecule has 0 aromatic heterocycles. The highest BCUT2D eigenvalue weighted by atomic mass is 16.7. The van der Waals surface area contributed by atoms with Crippen LogP contribution >= 0.6 is 0 Å². The summed E-state index contributed by atoms with van der Waals surface area (Å²) < 4.78 is 13.3. The summed E-state index contributed by atoms with van der Waals surface area (Å²) in [6.45, 7) is 7.33. The van der Waals surface area contributed by atoms with Crippen molar-refractivity contribution in [2.75, 3.05) is 0 Å². The van der Waals surface area contributed by atoms with Gasteiger partial charge in [-0.15, -0.1) is 0 Å². The summed E-state index contributed by atoms with van der Waals surface area (Å²) in [4.78, 5) is 0. The average molecular weight is 360 g/mol. The van der Waals surface area contributed by atoms with E-state index in [9.17, 15) is 0 Å². The summed E-state index contributed by atoms with van der Waals surface area (Å²) in [7, 11) is -0.100. The lowest BCUT2D eigenvalue weighted by atomic mass is 9.39. The minimum Gasteiger partial charge on any atom is -0.401 e. The van der Waals surface area contributed by atoms with Crippen LogP contribution in [0.5, 0.6) is 0 Å². The molecule has 1 saturated heterocycles. The molecule has 0 amide bonds. The first-order valence-electron chi connectivity index (χ1n) is 10.5. The van der Waals surface area contributed by atoms with Gasteiger partial charge in [-0.05, 0) is 53.0 Å². The Labute approximate surface area is 163 Å². The van der Waals surface area contributed by atoms with Crippen molar-refractivity contribution < 1.29 is 9.31 Å². The highest BCUT2D eigenvalue weighted by molar-refractivity contribution is 6.47. The topological polar surface area (TPSA) is 18.5 Å². The molecule has 4 fully saturated rings. The smallest absolute Gasteiger partial charge is 0.401 e. The number of hydrogen-bond acceptors (Lipinski definition) is 2. The molecule has 2 unspecified atom stereocenters. The molecular formula is C24H29BO2. The first-order valence-corrected chi connectivity index (χ1v) is 10.5. The number of hydrogen-bond donors (Lipinski definition) is 0. The first kappa shape index (κ1) is 17.5. The molecule has 6 rings (SSSR count). The molecule has 2 nitrogen and oxygen atoms in total. The molecule has 0 spiro atoms. The van der Waals surface area contributed by atoms with Crippen molar-refractivity contribution in [2.45, 2.75) is 51.6 Å². The van der Waals surface area contributed by atoms with Crippen LogP contribution in [0.2, 0.25) is 5.82 Å². The molecule has 140 valence electrons. The van der Waals surface area contributed by atoms with Crippen LogP contribution in [0.4, 0.5) is 0 Å². The van der Waals surface area contributed by atoms with E-state index in [-0.39, 0.29) is 19.3 Å². The Kier molecular flexibility index (Phi) is 4.21. The monoisotopic (exact) mass is 360 g/mol. The van der Waals surface area contributed by atoms with E-state index in [2.05, 4.69) is 81.4 Å². The minimum absolute atomic E-state index is 0.0305. The average Bonchev–Trinajstić information content (AvgIpc) is 3.14. The first-order chi connectivity index (χ1) is 13.1. The van der Waals surface area contributed by atoms with E-state index in [1.165, 1.54) is 24.0 Å². The second-order valence-corrected chi connectivity index (χ2v) is 9.42. The fraction of sp³-hybridized carbons (Fsp3) is 0.500. The maximum Gasteiger partial charge on any atom is 0.461 e. The van der Waals surface area contributed by atoms with Gasteiger partial charge >= 0.3 is 7.12 Å². The zero-order valence-electron chi connectivity index (χ0n) is 16.5. The Bertz CT molecular complexity index is 743. The predicted molar refractivity (Wildman–Crippen MR) is 109 cm³/mol. The van der Waals surface area contributed by atoms with Crippen LogP contribution in [0.1, 0.15) is 56.9 Å². The van der Waals surface area contributed by atoms with E-state index in [0.717, 1.165) is 11.8 Å². The fourth-order valence-corrected chi connectivity index (χ4v) is 6.01. The van der Waals surface area contributed by atoms with Crippen molar-refractivity contribution in [1.82, 2.24) is 0 Å². The third-order valence-electron chi connectivity index (χ3n) is 7.86. The summed E-state index contributed by atoms with van der Waals surface area (Å²) in [6.07, 6.45) is 2.56. The van der Waals surface area contributed by atoms with Gasteiger partial charge < -0.3 is 9.31 Å². The standard InChI is InChI=1S/C24H29BO2/c1-16-20-14-19(24(20,2)3)15-21(16)25-26-22(17-10-6-4-7-11-17)23(27-25)18-12-8-5-9-13-18/h4-13,16,19-23H,14-15H2,1-3H3/t16-,19+,20-,21-,22?,23?/m1/s1. The molecule has 3 saturated carbocycles. The lowest BCUT2D eigenvalue weighted by molar-refractivity contribution is -0.103. The summed E-state index contributed by atoms with van der Waals surface area (Å²) in [5.41, 5.74) is 2.91.